The monoisotopic (exact) mass is 477 g/mol. The molecule has 10 heteroatoms. The highest BCUT2D eigenvalue weighted by Gasteiger charge is 2.24. The zero-order chi connectivity index (χ0) is 24.9. The van der Waals surface area contributed by atoms with Gasteiger partial charge in [0, 0.05) is 36.5 Å². The van der Waals surface area contributed by atoms with Crippen LogP contribution in [0.5, 0.6) is 0 Å². The summed E-state index contributed by atoms with van der Waals surface area (Å²) in [5.41, 5.74) is 14.4. The summed E-state index contributed by atoms with van der Waals surface area (Å²) in [7, 11) is 0. The smallest absolute Gasteiger partial charge is 0.252 e. The lowest BCUT2D eigenvalue weighted by Crippen LogP contribution is -2.43. The Labute approximate surface area is 202 Å². The second-order valence-electron chi connectivity index (χ2n) is 8.63. The molecule has 35 heavy (non-hydrogen) atoms. The number of pyridine rings is 2. The van der Waals surface area contributed by atoms with E-state index in [4.69, 9.17) is 11.5 Å². The Morgan fingerprint density at radius 3 is 2.54 bits per heavy atom. The standard InChI is InChI=1S/C25H28FN7O2/c1-14(34)30-17-6-4-5-15(9-17)16-10-18(13-29-12-16)31-24-19(23(28)35)11-20(26)25(33-24)32-22-8-3-2-7-21(22)27/h4-6,9-13,21-22H,2-3,7-8,27H2,1H3,(H2,28,35)(H,30,34)(H2,31,32,33)/t21-,22+/m0/s1. The number of anilines is 4. The van der Waals surface area contributed by atoms with Crippen LogP contribution in [0.15, 0.2) is 48.8 Å². The first-order valence-electron chi connectivity index (χ1n) is 11.4. The Hall–Kier alpha value is -4.05. The number of primary amides is 1. The molecule has 4 rings (SSSR count). The van der Waals surface area contributed by atoms with Gasteiger partial charge < -0.3 is 27.4 Å². The highest BCUT2D eigenvalue weighted by Crippen LogP contribution is 2.29. The first kappa shape index (κ1) is 24.1. The van der Waals surface area contributed by atoms with Crippen LogP contribution >= 0.6 is 0 Å². The zero-order valence-electron chi connectivity index (χ0n) is 19.3. The quantitative estimate of drug-likeness (QED) is 0.348. The van der Waals surface area contributed by atoms with Crippen molar-refractivity contribution in [2.45, 2.75) is 44.7 Å². The van der Waals surface area contributed by atoms with Crippen molar-refractivity contribution in [2.24, 2.45) is 11.5 Å². The van der Waals surface area contributed by atoms with E-state index >= 15 is 0 Å². The van der Waals surface area contributed by atoms with Gasteiger partial charge in [0.15, 0.2) is 11.6 Å². The third kappa shape index (κ3) is 5.90. The summed E-state index contributed by atoms with van der Waals surface area (Å²) in [4.78, 5) is 32.0. The maximum atomic E-state index is 14.8. The SMILES string of the molecule is CC(=O)Nc1cccc(-c2cncc(Nc3nc(N[C@@H]4CCCC[C@@H]4N)c(F)cc3C(N)=O)c2)c1. The number of rotatable bonds is 7. The van der Waals surface area contributed by atoms with E-state index < -0.39 is 11.7 Å². The average Bonchev–Trinajstić information content (AvgIpc) is 2.82. The lowest BCUT2D eigenvalue weighted by atomic mass is 9.91. The molecule has 7 N–H and O–H groups in total. The van der Waals surface area contributed by atoms with Gasteiger partial charge in [-0.2, -0.15) is 0 Å². The van der Waals surface area contributed by atoms with Crippen LogP contribution in [0.1, 0.15) is 43.0 Å². The van der Waals surface area contributed by atoms with Crippen molar-refractivity contribution in [2.75, 3.05) is 16.0 Å². The highest BCUT2D eigenvalue weighted by atomic mass is 19.1. The first-order chi connectivity index (χ1) is 16.8. The van der Waals surface area contributed by atoms with Crippen LogP contribution < -0.4 is 27.4 Å². The van der Waals surface area contributed by atoms with Crippen molar-refractivity contribution in [3.05, 3.63) is 60.2 Å². The number of carbonyl (C=O) groups excluding carboxylic acids is 2. The molecule has 0 saturated heterocycles. The Balaban J connectivity index is 1.63. The highest BCUT2D eigenvalue weighted by molar-refractivity contribution is 5.98. The van der Waals surface area contributed by atoms with E-state index in [1.54, 1.807) is 24.5 Å². The number of nitrogens with two attached hydrogens (primary N) is 2. The second kappa shape index (κ2) is 10.5. The lowest BCUT2D eigenvalue weighted by molar-refractivity contribution is -0.114. The van der Waals surface area contributed by atoms with Gasteiger partial charge in [-0.3, -0.25) is 14.6 Å². The van der Waals surface area contributed by atoms with Crippen molar-refractivity contribution in [1.29, 1.82) is 0 Å². The molecule has 0 spiro atoms. The fourth-order valence-corrected chi connectivity index (χ4v) is 4.17. The van der Waals surface area contributed by atoms with Crippen LogP contribution in [-0.4, -0.2) is 33.9 Å². The van der Waals surface area contributed by atoms with Crippen molar-refractivity contribution in [1.82, 2.24) is 9.97 Å². The van der Waals surface area contributed by atoms with Gasteiger partial charge in [-0.15, -0.1) is 0 Å². The van der Waals surface area contributed by atoms with E-state index in [0.29, 0.717) is 11.4 Å². The van der Waals surface area contributed by atoms with Crippen molar-refractivity contribution < 1.29 is 14.0 Å². The molecule has 9 nitrogen and oxygen atoms in total. The maximum Gasteiger partial charge on any atom is 0.252 e. The van der Waals surface area contributed by atoms with Crippen molar-refractivity contribution in [3.8, 4) is 11.1 Å². The minimum atomic E-state index is -0.813. The summed E-state index contributed by atoms with van der Waals surface area (Å²) in [6.45, 7) is 1.44. The molecule has 182 valence electrons. The summed E-state index contributed by atoms with van der Waals surface area (Å²) in [6, 6.07) is 9.97. The molecular formula is C25H28FN7O2. The Kier molecular flexibility index (Phi) is 7.21. The number of nitrogens with one attached hydrogen (secondary N) is 3. The number of hydrogen-bond donors (Lipinski definition) is 5. The molecule has 1 aliphatic carbocycles. The third-order valence-electron chi connectivity index (χ3n) is 5.90. The molecule has 1 aliphatic rings. The van der Waals surface area contributed by atoms with Gasteiger partial charge in [0.2, 0.25) is 5.91 Å². The van der Waals surface area contributed by atoms with Crippen LogP contribution in [0.3, 0.4) is 0 Å². The molecule has 2 atom stereocenters. The number of benzene rings is 1. The van der Waals surface area contributed by atoms with Crippen LogP contribution in [0.25, 0.3) is 11.1 Å². The lowest BCUT2D eigenvalue weighted by Gasteiger charge is -2.30. The summed E-state index contributed by atoms with van der Waals surface area (Å²) in [5, 5.41) is 8.89. The van der Waals surface area contributed by atoms with Crippen LogP contribution in [0, 0.1) is 5.82 Å². The van der Waals surface area contributed by atoms with Gasteiger partial charge in [0.25, 0.3) is 5.91 Å². The van der Waals surface area contributed by atoms with E-state index in [1.165, 1.54) is 6.92 Å². The minimum Gasteiger partial charge on any atom is -0.365 e. The number of nitrogens with zero attached hydrogens (tertiary/aromatic N) is 2. The molecule has 0 bridgehead atoms. The number of aromatic nitrogens is 2. The van der Waals surface area contributed by atoms with Gasteiger partial charge in [-0.05, 0) is 42.7 Å². The largest absolute Gasteiger partial charge is 0.365 e. The van der Waals surface area contributed by atoms with Crippen LogP contribution in [-0.2, 0) is 4.79 Å². The van der Waals surface area contributed by atoms with Gasteiger partial charge in [-0.1, -0.05) is 25.0 Å². The predicted molar refractivity (Wildman–Crippen MR) is 134 cm³/mol. The Morgan fingerprint density at radius 2 is 1.80 bits per heavy atom. The average molecular weight is 478 g/mol. The minimum absolute atomic E-state index is 0.00646. The fourth-order valence-electron chi connectivity index (χ4n) is 4.17. The number of carbonyl (C=O) groups is 2. The fraction of sp³-hybridized carbons (Fsp3) is 0.280. The van der Waals surface area contributed by atoms with Crippen LogP contribution in [0.2, 0.25) is 0 Å². The molecule has 2 aromatic heterocycles. The predicted octanol–water partition coefficient (Wildman–Crippen LogP) is 3.77. The summed E-state index contributed by atoms with van der Waals surface area (Å²) >= 11 is 0. The van der Waals surface area contributed by atoms with Gasteiger partial charge in [0.05, 0.1) is 17.4 Å². The summed E-state index contributed by atoms with van der Waals surface area (Å²) in [6.07, 6.45) is 6.93. The number of amides is 2. The number of halogens is 1. The van der Waals surface area contributed by atoms with Crippen LogP contribution in [0.4, 0.5) is 27.4 Å². The van der Waals surface area contributed by atoms with E-state index in [0.717, 1.165) is 42.9 Å². The van der Waals surface area contributed by atoms with Gasteiger partial charge in [0.1, 0.15) is 5.82 Å². The normalized spacial score (nSPS) is 17.5. The number of hydrogen-bond acceptors (Lipinski definition) is 7. The third-order valence-corrected chi connectivity index (χ3v) is 5.90. The molecule has 2 amide bonds. The van der Waals surface area contributed by atoms with E-state index in [-0.39, 0.29) is 35.2 Å². The van der Waals surface area contributed by atoms with E-state index in [9.17, 15) is 14.0 Å². The summed E-state index contributed by atoms with van der Waals surface area (Å²) < 4.78 is 14.8. The maximum absolute atomic E-state index is 14.8. The molecule has 2 heterocycles. The Bertz CT molecular complexity index is 1250. The van der Waals surface area contributed by atoms with E-state index in [2.05, 4.69) is 25.9 Å². The van der Waals surface area contributed by atoms with Crippen molar-refractivity contribution in [3.63, 3.8) is 0 Å². The van der Waals surface area contributed by atoms with Gasteiger partial charge in [-0.25, -0.2) is 9.37 Å². The molecule has 0 unspecified atom stereocenters. The summed E-state index contributed by atoms with van der Waals surface area (Å²) in [5.74, 6) is -1.55. The molecule has 1 saturated carbocycles. The first-order valence-corrected chi connectivity index (χ1v) is 11.4. The van der Waals surface area contributed by atoms with E-state index in [1.807, 2.05) is 18.2 Å². The molecule has 1 aromatic carbocycles. The molecule has 1 fully saturated rings. The molecule has 0 aliphatic heterocycles. The zero-order valence-corrected chi connectivity index (χ0v) is 19.3. The second-order valence-corrected chi connectivity index (χ2v) is 8.63. The van der Waals surface area contributed by atoms with Crippen molar-refractivity contribution >= 4 is 34.8 Å². The Morgan fingerprint density at radius 1 is 1.03 bits per heavy atom. The van der Waals surface area contributed by atoms with Gasteiger partial charge >= 0.3 is 0 Å². The molecule has 3 aromatic rings. The topological polar surface area (TPSA) is 148 Å². The molecule has 0 radical (unpaired) electrons. The molecular weight excluding hydrogens is 449 g/mol.